The molecule has 0 fully saturated rings. The van der Waals surface area contributed by atoms with Gasteiger partial charge in [0.15, 0.2) is 5.96 Å². The van der Waals surface area contributed by atoms with Crippen molar-refractivity contribution in [3.63, 3.8) is 0 Å². The van der Waals surface area contributed by atoms with Crippen LogP contribution in [-0.4, -0.2) is 52.1 Å². The SMILES string of the molecule is CCOCCOCc1cccc(CNC(=NC)NCCC(OCC)C(C)C)c1.I. The summed E-state index contributed by atoms with van der Waals surface area (Å²) >= 11 is 0. The molecule has 0 bridgehead atoms. The van der Waals surface area contributed by atoms with Gasteiger partial charge in [0.05, 0.1) is 25.9 Å². The van der Waals surface area contributed by atoms with E-state index in [9.17, 15) is 0 Å². The molecular formula is C22H40IN3O3. The van der Waals surface area contributed by atoms with Crippen LogP contribution in [0.2, 0.25) is 0 Å². The van der Waals surface area contributed by atoms with Crippen LogP contribution in [0.1, 0.15) is 45.2 Å². The summed E-state index contributed by atoms with van der Waals surface area (Å²) in [6, 6.07) is 8.40. The number of nitrogens with zero attached hydrogens (tertiary/aromatic N) is 1. The van der Waals surface area contributed by atoms with E-state index in [1.165, 1.54) is 5.56 Å². The average Bonchev–Trinajstić information content (AvgIpc) is 2.69. The minimum atomic E-state index is 0. The lowest BCUT2D eigenvalue weighted by Gasteiger charge is -2.21. The quantitative estimate of drug-likeness (QED) is 0.168. The monoisotopic (exact) mass is 521 g/mol. The van der Waals surface area contributed by atoms with Crippen LogP contribution < -0.4 is 10.6 Å². The van der Waals surface area contributed by atoms with Crippen molar-refractivity contribution in [2.24, 2.45) is 10.9 Å². The zero-order chi connectivity index (χ0) is 20.6. The summed E-state index contributed by atoms with van der Waals surface area (Å²) in [6.45, 7) is 13.3. The van der Waals surface area contributed by atoms with E-state index in [1.807, 2.05) is 13.8 Å². The Morgan fingerprint density at radius 2 is 1.76 bits per heavy atom. The van der Waals surface area contributed by atoms with Gasteiger partial charge < -0.3 is 24.8 Å². The highest BCUT2D eigenvalue weighted by molar-refractivity contribution is 14.0. The molecule has 7 heteroatoms. The Morgan fingerprint density at radius 1 is 1.03 bits per heavy atom. The molecule has 0 spiro atoms. The Kier molecular flexibility index (Phi) is 17.4. The van der Waals surface area contributed by atoms with Gasteiger partial charge in [0.25, 0.3) is 0 Å². The summed E-state index contributed by atoms with van der Waals surface area (Å²) in [5, 5.41) is 6.74. The molecule has 1 atom stereocenters. The molecule has 0 saturated carbocycles. The Labute approximate surface area is 194 Å². The number of aliphatic imine (C=N–C) groups is 1. The lowest BCUT2D eigenvalue weighted by atomic mass is 10.0. The smallest absolute Gasteiger partial charge is 0.191 e. The zero-order valence-electron chi connectivity index (χ0n) is 18.7. The summed E-state index contributed by atoms with van der Waals surface area (Å²) in [7, 11) is 1.79. The molecule has 0 amide bonds. The van der Waals surface area contributed by atoms with Gasteiger partial charge in [0.2, 0.25) is 0 Å². The fourth-order valence-corrected chi connectivity index (χ4v) is 2.84. The predicted molar refractivity (Wildman–Crippen MR) is 131 cm³/mol. The topological polar surface area (TPSA) is 64.1 Å². The van der Waals surface area contributed by atoms with Crippen molar-refractivity contribution < 1.29 is 14.2 Å². The first kappa shape index (κ1) is 28.1. The van der Waals surface area contributed by atoms with Gasteiger partial charge in [0.1, 0.15) is 0 Å². The third-order valence-corrected chi connectivity index (χ3v) is 4.37. The molecule has 6 nitrogen and oxygen atoms in total. The van der Waals surface area contributed by atoms with Crippen LogP contribution in [0.15, 0.2) is 29.3 Å². The molecule has 0 saturated heterocycles. The van der Waals surface area contributed by atoms with Crippen molar-refractivity contribution >= 4 is 29.9 Å². The van der Waals surface area contributed by atoms with Crippen LogP contribution in [0.3, 0.4) is 0 Å². The largest absolute Gasteiger partial charge is 0.379 e. The Bertz CT molecular complexity index is 556. The van der Waals surface area contributed by atoms with Gasteiger partial charge in [-0.3, -0.25) is 4.99 Å². The molecule has 0 aliphatic carbocycles. The van der Waals surface area contributed by atoms with Crippen LogP contribution in [-0.2, 0) is 27.4 Å². The first-order valence-electron chi connectivity index (χ1n) is 10.4. The van der Waals surface area contributed by atoms with E-state index in [1.54, 1.807) is 7.05 Å². The standard InChI is InChI=1S/C22H39N3O3.HI/c1-6-26-13-14-27-17-20-10-8-9-19(15-20)16-25-22(23-5)24-12-11-21(18(3)4)28-7-2;/h8-10,15,18,21H,6-7,11-14,16-17H2,1-5H3,(H2,23,24,25);1H. The predicted octanol–water partition coefficient (Wildman–Crippen LogP) is 3.97. The number of rotatable bonds is 14. The number of ether oxygens (including phenoxy) is 3. The van der Waals surface area contributed by atoms with E-state index in [0.29, 0.717) is 32.3 Å². The van der Waals surface area contributed by atoms with Gasteiger partial charge >= 0.3 is 0 Å². The van der Waals surface area contributed by atoms with E-state index >= 15 is 0 Å². The van der Waals surface area contributed by atoms with Gasteiger partial charge in [-0.25, -0.2) is 0 Å². The average molecular weight is 521 g/mol. The van der Waals surface area contributed by atoms with Crippen molar-refractivity contribution in [1.29, 1.82) is 0 Å². The van der Waals surface area contributed by atoms with E-state index in [4.69, 9.17) is 14.2 Å². The van der Waals surface area contributed by atoms with Gasteiger partial charge in [-0.1, -0.05) is 38.1 Å². The molecular weight excluding hydrogens is 481 g/mol. The first-order chi connectivity index (χ1) is 13.6. The molecule has 0 aromatic heterocycles. The fourth-order valence-electron chi connectivity index (χ4n) is 2.84. The second-order valence-corrected chi connectivity index (χ2v) is 6.95. The maximum absolute atomic E-state index is 5.80. The molecule has 0 heterocycles. The maximum atomic E-state index is 5.80. The van der Waals surface area contributed by atoms with Gasteiger partial charge in [-0.05, 0) is 37.3 Å². The summed E-state index contributed by atoms with van der Waals surface area (Å²) in [5.74, 6) is 1.31. The molecule has 1 aromatic carbocycles. The first-order valence-corrected chi connectivity index (χ1v) is 10.4. The number of guanidine groups is 1. The Balaban J connectivity index is 0.00000784. The summed E-state index contributed by atoms with van der Waals surface area (Å²) in [5.41, 5.74) is 2.36. The van der Waals surface area contributed by atoms with E-state index < -0.39 is 0 Å². The number of hydrogen-bond acceptors (Lipinski definition) is 4. The molecule has 0 radical (unpaired) electrons. The summed E-state index contributed by atoms with van der Waals surface area (Å²) in [4.78, 5) is 4.31. The maximum Gasteiger partial charge on any atom is 0.191 e. The van der Waals surface area contributed by atoms with E-state index in [-0.39, 0.29) is 30.1 Å². The Morgan fingerprint density at radius 3 is 2.41 bits per heavy atom. The van der Waals surface area contributed by atoms with Crippen LogP contribution >= 0.6 is 24.0 Å². The number of nitrogens with one attached hydrogen (secondary N) is 2. The minimum absolute atomic E-state index is 0. The van der Waals surface area contributed by atoms with Crippen LogP contribution in [0, 0.1) is 5.92 Å². The van der Waals surface area contributed by atoms with Gasteiger partial charge in [0, 0.05) is 33.4 Å². The van der Waals surface area contributed by atoms with E-state index in [2.05, 4.69) is 53.7 Å². The number of benzene rings is 1. The highest BCUT2D eigenvalue weighted by atomic mass is 127. The number of halogens is 1. The zero-order valence-corrected chi connectivity index (χ0v) is 21.0. The Hall–Kier alpha value is -0.900. The van der Waals surface area contributed by atoms with Crippen molar-refractivity contribution in [3.8, 4) is 0 Å². The highest BCUT2D eigenvalue weighted by Gasteiger charge is 2.12. The summed E-state index contributed by atoms with van der Waals surface area (Å²) < 4.78 is 16.7. The number of hydrogen-bond donors (Lipinski definition) is 2. The molecule has 1 unspecified atom stereocenters. The summed E-state index contributed by atoms with van der Waals surface area (Å²) in [6.07, 6.45) is 1.23. The molecule has 2 N–H and O–H groups in total. The molecule has 168 valence electrons. The molecule has 0 aliphatic heterocycles. The fraction of sp³-hybridized carbons (Fsp3) is 0.682. The lowest BCUT2D eigenvalue weighted by Crippen LogP contribution is -2.38. The van der Waals surface area contributed by atoms with Crippen molar-refractivity contribution in [2.75, 3.05) is 40.0 Å². The van der Waals surface area contributed by atoms with Gasteiger partial charge in [-0.2, -0.15) is 0 Å². The normalized spacial score (nSPS) is 12.6. The van der Waals surface area contributed by atoms with Crippen LogP contribution in [0.5, 0.6) is 0 Å². The molecule has 29 heavy (non-hydrogen) atoms. The van der Waals surface area contributed by atoms with Crippen LogP contribution in [0.4, 0.5) is 0 Å². The second kappa shape index (κ2) is 17.9. The minimum Gasteiger partial charge on any atom is -0.379 e. The highest BCUT2D eigenvalue weighted by Crippen LogP contribution is 2.10. The molecule has 0 aliphatic rings. The third kappa shape index (κ3) is 13.1. The van der Waals surface area contributed by atoms with Crippen molar-refractivity contribution in [3.05, 3.63) is 35.4 Å². The van der Waals surface area contributed by atoms with E-state index in [0.717, 1.165) is 37.7 Å². The van der Waals surface area contributed by atoms with Gasteiger partial charge in [-0.15, -0.1) is 24.0 Å². The molecule has 1 aromatic rings. The molecule has 1 rings (SSSR count). The van der Waals surface area contributed by atoms with Crippen molar-refractivity contribution in [1.82, 2.24) is 10.6 Å². The van der Waals surface area contributed by atoms with Crippen LogP contribution in [0.25, 0.3) is 0 Å². The third-order valence-electron chi connectivity index (χ3n) is 4.37. The van der Waals surface area contributed by atoms with Crippen molar-refractivity contribution in [2.45, 2.75) is 53.4 Å². The lowest BCUT2D eigenvalue weighted by molar-refractivity contribution is 0.0258. The second-order valence-electron chi connectivity index (χ2n) is 6.95.